The number of amides is 1. The minimum Gasteiger partial charge on any atom is -0.356 e. The first-order chi connectivity index (χ1) is 12.7. The van der Waals surface area contributed by atoms with Crippen molar-refractivity contribution in [3.05, 3.63) is 23.9 Å². The maximum absolute atomic E-state index is 13.0. The number of pyridine rings is 1. The van der Waals surface area contributed by atoms with Crippen molar-refractivity contribution in [2.24, 2.45) is 0 Å². The molecule has 1 unspecified atom stereocenters. The quantitative estimate of drug-likeness (QED) is 0.834. The Balaban J connectivity index is 1.44. The largest absolute Gasteiger partial charge is 0.356 e. The molecule has 3 aliphatic heterocycles. The summed E-state index contributed by atoms with van der Waals surface area (Å²) in [5.41, 5.74) is 0.794. The molecule has 0 saturated carbocycles. The monoisotopic (exact) mass is 356 g/mol. The molecule has 1 aromatic rings. The molecular weight excluding hydrogens is 324 g/mol. The lowest BCUT2D eigenvalue weighted by Crippen LogP contribution is -2.47. The summed E-state index contributed by atoms with van der Waals surface area (Å²) in [6, 6.07) is 5.30. The Morgan fingerprint density at radius 2 is 1.77 bits per heavy atom. The van der Waals surface area contributed by atoms with Gasteiger partial charge in [0.2, 0.25) is 0 Å². The Labute approximate surface area is 157 Å². The van der Waals surface area contributed by atoms with Crippen LogP contribution in [0.3, 0.4) is 0 Å². The molecule has 0 bridgehead atoms. The van der Waals surface area contributed by atoms with Gasteiger partial charge in [0.05, 0.1) is 5.56 Å². The number of piperidine rings is 2. The van der Waals surface area contributed by atoms with Crippen molar-refractivity contribution >= 4 is 11.7 Å². The van der Waals surface area contributed by atoms with Gasteiger partial charge < -0.3 is 9.80 Å². The second-order valence-electron chi connectivity index (χ2n) is 8.17. The molecule has 3 saturated heterocycles. The fourth-order valence-electron chi connectivity index (χ4n) is 4.99. The summed E-state index contributed by atoms with van der Waals surface area (Å²) in [6.45, 7) is 7.42. The van der Waals surface area contributed by atoms with Gasteiger partial charge in [0.25, 0.3) is 5.91 Å². The third-order valence-electron chi connectivity index (χ3n) is 6.50. The van der Waals surface area contributed by atoms with Crippen molar-refractivity contribution in [3.63, 3.8) is 0 Å². The number of aromatic nitrogens is 1. The molecule has 5 nitrogen and oxygen atoms in total. The molecule has 3 fully saturated rings. The molecule has 0 aliphatic carbocycles. The molecule has 4 rings (SSSR count). The highest BCUT2D eigenvalue weighted by molar-refractivity contribution is 5.99. The van der Waals surface area contributed by atoms with E-state index in [4.69, 9.17) is 0 Å². The van der Waals surface area contributed by atoms with E-state index in [1.54, 1.807) is 0 Å². The number of rotatable bonds is 3. The molecule has 0 aromatic carbocycles. The van der Waals surface area contributed by atoms with Crippen molar-refractivity contribution in [2.45, 2.75) is 64.0 Å². The van der Waals surface area contributed by atoms with Gasteiger partial charge in [-0.3, -0.25) is 9.69 Å². The Hall–Kier alpha value is -1.62. The van der Waals surface area contributed by atoms with Crippen molar-refractivity contribution < 1.29 is 4.79 Å². The molecule has 3 aliphatic rings. The normalized spacial score (nSPS) is 25.7. The van der Waals surface area contributed by atoms with Gasteiger partial charge in [0.1, 0.15) is 5.82 Å². The van der Waals surface area contributed by atoms with Gasteiger partial charge in [-0.25, -0.2) is 4.98 Å². The minimum absolute atomic E-state index is 0.170. The molecule has 1 atom stereocenters. The first kappa shape index (κ1) is 17.8. The minimum atomic E-state index is 0.170. The van der Waals surface area contributed by atoms with E-state index in [0.29, 0.717) is 6.04 Å². The molecule has 142 valence electrons. The van der Waals surface area contributed by atoms with E-state index in [-0.39, 0.29) is 5.91 Å². The summed E-state index contributed by atoms with van der Waals surface area (Å²) in [4.78, 5) is 24.7. The fraction of sp³-hybridized carbons (Fsp3) is 0.714. The van der Waals surface area contributed by atoms with Gasteiger partial charge in [-0.15, -0.1) is 0 Å². The standard InChI is InChI=1S/C21H32N4O/c1-17-7-6-14-25(17)18-9-15-23(16-10-18)20-19(8-5-11-22-20)21(26)24-12-3-2-4-13-24/h5,8,11,17-18H,2-4,6-7,9-10,12-16H2,1H3. The maximum atomic E-state index is 13.0. The van der Waals surface area contributed by atoms with E-state index in [9.17, 15) is 4.79 Å². The number of carbonyl (C=O) groups excluding carboxylic acids is 1. The fourth-order valence-corrected chi connectivity index (χ4v) is 4.99. The molecule has 1 aromatic heterocycles. The van der Waals surface area contributed by atoms with Crippen molar-refractivity contribution in [1.29, 1.82) is 0 Å². The number of hydrogen-bond donors (Lipinski definition) is 0. The van der Waals surface area contributed by atoms with Gasteiger partial charge in [0, 0.05) is 44.5 Å². The predicted octanol–water partition coefficient (Wildman–Crippen LogP) is 3.16. The average Bonchev–Trinajstić information content (AvgIpc) is 3.14. The highest BCUT2D eigenvalue weighted by Gasteiger charge is 2.32. The summed E-state index contributed by atoms with van der Waals surface area (Å²) >= 11 is 0. The summed E-state index contributed by atoms with van der Waals surface area (Å²) < 4.78 is 0. The smallest absolute Gasteiger partial charge is 0.257 e. The van der Waals surface area contributed by atoms with E-state index in [1.165, 1.54) is 38.6 Å². The number of anilines is 1. The summed E-state index contributed by atoms with van der Waals surface area (Å²) in [7, 11) is 0. The van der Waals surface area contributed by atoms with Crippen molar-refractivity contribution in [3.8, 4) is 0 Å². The van der Waals surface area contributed by atoms with Crippen LogP contribution in [0.25, 0.3) is 0 Å². The van der Waals surface area contributed by atoms with Crippen LogP contribution < -0.4 is 4.90 Å². The zero-order valence-electron chi connectivity index (χ0n) is 16.1. The molecule has 5 heteroatoms. The Bertz CT molecular complexity index is 620. The zero-order valence-corrected chi connectivity index (χ0v) is 16.1. The molecule has 0 radical (unpaired) electrons. The van der Waals surface area contributed by atoms with Gasteiger partial charge >= 0.3 is 0 Å². The number of carbonyl (C=O) groups is 1. The molecule has 1 amide bonds. The van der Waals surface area contributed by atoms with Crippen LogP contribution in [0.5, 0.6) is 0 Å². The first-order valence-corrected chi connectivity index (χ1v) is 10.5. The Kier molecular flexibility index (Phi) is 5.44. The highest BCUT2D eigenvalue weighted by Crippen LogP contribution is 2.29. The van der Waals surface area contributed by atoms with Crippen molar-refractivity contribution in [2.75, 3.05) is 37.6 Å². The van der Waals surface area contributed by atoms with Crippen LogP contribution in [-0.4, -0.2) is 65.5 Å². The van der Waals surface area contributed by atoms with Crippen LogP contribution in [0.15, 0.2) is 18.3 Å². The van der Waals surface area contributed by atoms with E-state index in [0.717, 1.165) is 56.4 Å². The van der Waals surface area contributed by atoms with Gasteiger partial charge in [-0.2, -0.15) is 0 Å². The Morgan fingerprint density at radius 3 is 2.46 bits per heavy atom. The van der Waals surface area contributed by atoms with Crippen molar-refractivity contribution in [1.82, 2.24) is 14.8 Å². The van der Waals surface area contributed by atoms with Gasteiger partial charge in [-0.1, -0.05) is 0 Å². The molecule has 0 N–H and O–H groups in total. The van der Waals surface area contributed by atoms with Crippen LogP contribution >= 0.6 is 0 Å². The molecule has 4 heterocycles. The number of likely N-dealkylation sites (tertiary alicyclic amines) is 2. The lowest BCUT2D eigenvalue weighted by molar-refractivity contribution is 0.0724. The third kappa shape index (κ3) is 3.59. The Morgan fingerprint density at radius 1 is 1.00 bits per heavy atom. The van der Waals surface area contributed by atoms with Gasteiger partial charge in [-0.05, 0) is 70.5 Å². The molecule has 26 heavy (non-hydrogen) atoms. The van der Waals surface area contributed by atoms with E-state index in [1.807, 2.05) is 23.2 Å². The summed E-state index contributed by atoms with van der Waals surface area (Å²) in [5, 5.41) is 0. The molecular formula is C21H32N4O. The maximum Gasteiger partial charge on any atom is 0.257 e. The second kappa shape index (κ2) is 7.95. The average molecular weight is 357 g/mol. The first-order valence-electron chi connectivity index (χ1n) is 10.5. The van der Waals surface area contributed by atoms with Crippen LogP contribution in [-0.2, 0) is 0 Å². The summed E-state index contributed by atoms with van der Waals surface area (Å²) in [5.74, 6) is 1.07. The number of hydrogen-bond acceptors (Lipinski definition) is 4. The zero-order chi connectivity index (χ0) is 17.9. The topological polar surface area (TPSA) is 39.7 Å². The summed E-state index contributed by atoms with van der Waals surface area (Å²) in [6.07, 6.45) is 10.4. The van der Waals surface area contributed by atoms with E-state index in [2.05, 4.69) is 21.7 Å². The van der Waals surface area contributed by atoms with E-state index >= 15 is 0 Å². The lowest BCUT2D eigenvalue weighted by atomic mass is 10.0. The number of nitrogens with zero attached hydrogens (tertiary/aromatic N) is 4. The SMILES string of the molecule is CC1CCCN1C1CCN(c2ncccc2C(=O)N2CCCCC2)CC1. The third-order valence-corrected chi connectivity index (χ3v) is 6.50. The lowest BCUT2D eigenvalue weighted by Gasteiger charge is -2.39. The second-order valence-corrected chi connectivity index (χ2v) is 8.17. The van der Waals surface area contributed by atoms with Crippen LogP contribution in [0.2, 0.25) is 0 Å². The predicted molar refractivity (Wildman–Crippen MR) is 105 cm³/mol. The van der Waals surface area contributed by atoms with E-state index < -0.39 is 0 Å². The van der Waals surface area contributed by atoms with Crippen LogP contribution in [0.4, 0.5) is 5.82 Å². The van der Waals surface area contributed by atoms with Crippen LogP contribution in [0, 0.1) is 0 Å². The highest BCUT2D eigenvalue weighted by atomic mass is 16.2. The van der Waals surface area contributed by atoms with Crippen LogP contribution in [0.1, 0.15) is 62.2 Å². The molecule has 0 spiro atoms. The van der Waals surface area contributed by atoms with Gasteiger partial charge in [0.15, 0.2) is 0 Å².